The number of unbranched alkanes of at least 4 members (excludes halogenated alkanes) is 4. The van der Waals surface area contributed by atoms with Gasteiger partial charge in [0.05, 0.1) is 31.1 Å². The fraction of sp³-hybridized carbons (Fsp3) is 0.419. The van der Waals surface area contributed by atoms with Crippen LogP contribution < -0.4 is 0 Å². The molecule has 0 spiro atoms. The van der Waals surface area contributed by atoms with Gasteiger partial charge in [-0.15, -0.1) is 0 Å². The fourth-order valence-corrected chi connectivity index (χ4v) is 5.45. The van der Waals surface area contributed by atoms with Crippen LogP contribution in [0.2, 0.25) is 0 Å². The predicted molar refractivity (Wildman–Crippen MR) is 157 cm³/mol. The molecule has 9 heteroatoms. The van der Waals surface area contributed by atoms with E-state index >= 15 is 0 Å². The number of amides is 3. The number of esters is 1. The Morgan fingerprint density at radius 3 is 2.40 bits per heavy atom. The Labute approximate surface area is 240 Å². The lowest BCUT2D eigenvalue weighted by molar-refractivity contribution is -0.123. The first-order valence-electron chi connectivity index (χ1n) is 14.0. The first-order valence-corrected chi connectivity index (χ1v) is 15.0. The molecule has 2 aromatic heterocycles. The summed E-state index contributed by atoms with van der Waals surface area (Å²) in [5.74, 6) is 0.281. The highest BCUT2D eigenvalue weighted by Gasteiger charge is 2.40. The van der Waals surface area contributed by atoms with Crippen LogP contribution in [0, 0.1) is 0 Å². The molecule has 0 unspecified atom stereocenters. The molecule has 1 fully saturated rings. The summed E-state index contributed by atoms with van der Waals surface area (Å²) in [4.78, 5) is 46.7. The van der Waals surface area contributed by atoms with E-state index in [1.165, 1.54) is 12.0 Å². The molecule has 0 saturated carbocycles. The Morgan fingerprint density at radius 2 is 1.73 bits per heavy atom. The summed E-state index contributed by atoms with van der Waals surface area (Å²) >= 11 is 1.57. The SMILES string of the molecule is CCCCCCN1C(=O)/C(=C/c2cnc(CCCC)n2Cc2ccc(C(=O)OC)cc2)N(Cc2ccsc2)C1=O. The van der Waals surface area contributed by atoms with E-state index in [4.69, 9.17) is 9.72 Å². The molecule has 8 nitrogen and oxygen atoms in total. The van der Waals surface area contributed by atoms with E-state index < -0.39 is 0 Å². The van der Waals surface area contributed by atoms with Gasteiger partial charge in [-0.3, -0.25) is 14.6 Å². The van der Waals surface area contributed by atoms with Crippen LogP contribution in [0.4, 0.5) is 4.79 Å². The van der Waals surface area contributed by atoms with Gasteiger partial charge in [0.2, 0.25) is 0 Å². The molecule has 0 N–H and O–H groups in total. The highest BCUT2D eigenvalue weighted by atomic mass is 32.1. The lowest BCUT2D eigenvalue weighted by atomic mass is 10.1. The molecule has 0 aliphatic carbocycles. The Kier molecular flexibility index (Phi) is 10.3. The second-order valence-corrected chi connectivity index (χ2v) is 10.8. The normalized spacial score (nSPS) is 14.5. The fourth-order valence-electron chi connectivity index (χ4n) is 4.79. The van der Waals surface area contributed by atoms with Crippen LogP contribution in [-0.4, -0.2) is 50.9 Å². The molecule has 0 bridgehead atoms. The number of hydrogen-bond acceptors (Lipinski definition) is 6. The maximum absolute atomic E-state index is 13.6. The van der Waals surface area contributed by atoms with Gasteiger partial charge in [-0.05, 0) is 59.0 Å². The van der Waals surface area contributed by atoms with Crippen molar-refractivity contribution in [1.29, 1.82) is 0 Å². The molecule has 3 heterocycles. The third-order valence-electron chi connectivity index (χ3n) is 7.10. The van der Waals surface area contributed by atoms with Crippen molar-refractivity contribution in [2.45, 2.75) is 71.9 Å². The number of carbonyl (C=O) groups excluding carboxylic acids is 3. The van der Waals surface area contributed by atoms with E-state index in [0.29, 0.717) is 30.9 Å². The zero-order valence-corrected chi connectivity index (χ0v) is 24.4. The van der Waals surface area contributed by atoms with E-state index in [9.17, 15) is 14.4 Å². The molecule has 0 atom stereocenters. The third-order valence-corrected chi connectivity index (χ3v) is 7.83. The summed E-state index contributed by atoms with van der Waals surface area (Å²) in [5, 5.41) is 3.98. The van der Waals surface area contributed by atoms with E-state index in [0.717, 1.165) is 67.6 Å². The number of imide groups is 1. The van der Waals surface area contributed by atoms with E-state index in [2.05, 4.69) is 18.4 Å². The minimum atomic E-state index is -0.377. The van der Waals surface area contributed by atoms with Gasteiger partial charge in [0.25, 0.3) is 5.91 Å². The average molecular weight is 563 g/mol. The average Bonchev–Trinajstić information content (AvgIpc) is 3.67. The zero-order valence-electron chi connectivity index (χ0n) is 23.6. The van der Waals surface area contributed by atoms with Gasteiger partial charge in [0.15, 0.2) is 0 Å². The standard InChI is InChI=1S/C31H38N4O4S/c1-4-6-8-9-16-33-29(36)27(35(31(33)38)21-24-15-17-40-22-24)18-26-19-32-28(10-7-5-2)34(26)20-23-11-13-25(14-12-23)30(37)39-3/h11-15,17-19,22H,4-10,16,20-21H2,1-3H3/b27-18-. The van der Waals surface area contributed by atoms with Crippen molar-refractivity contribution in [3.63, 3.8) is 0 Å². The second-order valence-electron chi connectivity index (χ2n) is 10.0. The summed E-state index contributed by atoms with van der Waals surface area (Å²) in [5.41, 5.74) is 3.61. The molecule has 1 aliphatic rings. The number of benzene rings is 1. The highest BCUT2D eigenvalue weighted by Crippen LogP contribution is 2.28. The lowest BCUT2D eigenvalue weighted by Gasteiger charge is -2.17. The van der Waals surface area contributed by atoms with Crippen LogP contribution in [0.3, 0.4) is 0 Å². The predicted octanol–water partition coefficient (Wildman–Crippen LogP) is 6.51. The quantitative estimate of drug-likeness (QED) is 0.0968. The topological polar surface area (TPSA) is 84.7 Å². The molecule has 212 valence electrons. The Balaban J connectivity index is 1.67. The number of aromatic nitrogens is 2. The first-order chi connectivity index (χ1) is 19.5. The van der Waals surface area contributed by atoms with Gasteiger partial charge >= 0.3 is 12.0 Å². The van der Waals surface area contributed by atoms with Crippen LogP contribution in [-0.2, 0) is 29.0 Å². The molecule has 1 aromatic carbocycles. The van der Waals surface area contributed by atoms with Gasteiger partial charge in [0.1, 0.15) is 11.5 Å². The maximum Gasteiger partial charge on any atom is 0.337 e. The van der Waals surface area contributed by atoms with E-state index in [1.807, 2.05) is 35.0 Å². The molecule has 40 heavy (non-hydrogen) atoms. The van der Waals surface area contributed by atoms with E-state index in [-0.39, 0.29) is 17.9 Å². The zero-order chi connectivity index (χ0) is 28.5. The number of ether oxygens (including phenoxy) is 1. The molecule has 1 aliphatic heterocycles. The Morgan fingerprint density at radius 1 is 0.950 bits per heavy atom. The number of thiophene rings is 1. The third kappa shape index (κ3) is 6.88. The monoisotopic (exact) mass is 562 g/mol. The number of carbonyl (C=O) groups is 3. The van der Waals surface area contributed by atoms with E-state index in [1.54, 1.807) is 34.6 Å². The summed E-state index contributed by atoms with van der Waals surface area (Å²) < 4.78 is 6.92. The summed E-state index contributed by atoms with van der Waals surface area (Å²) in [6, 6.07) is 9.01. The van der Waals surface area contributed by atoms with Crippen molar-refractivity contribution in [3.05, 3.63) is 81.2 Å². The minimum Gasteiger partial charge on any atom is -0.465 e. The van der Waals surface area contributed by atoms with Crippen molar-refractivity contribution in [2.75, 3.05) is 13.7 Å². The van der Waals surface area contributed by atoms with Gasteiger partial charge in [0, 0.05) is 19.5 Å². The smallest absolute Gasteiger partial charge is 0.337 e. The number of imidazole rings is 1. The summed E-state index contributed by atoms with van der Waals surface area (Å²) in [7, 11) is 1.37. The van der Waals surface area contributed by atoms with Crippen molar-refractivity contribution >= 4 is 35.3 Å². The summed E-state index contributed by atoms with van der Waals surface area (Å²) in [6.45, 7) is 5.57. The number of urea groups is 1. The Bertz CT molecular complexity index is 1330. The van der Waals surface area contributed by atoms with Crippen molar-refractivity contribution in [3.8, 4) is 0 Å². The van der Waals surface area contributed by atoms with Crippen molar-refractivity contribution in [1.82, 2.24) is 19.4 Å². The molecule has 3 amide bonds. The van der Waals surface area contributed by atoms with Crippen molar-refractivity contribution in [2.24, 2.45) is 0 Å². The van der Waals surface area contributed by atoms with Gasteiger partial charge < -0.3 is 9.30 Å². The van der Waals surface area contributed by atoms with Crippen LogP contribution in [0.5, 0.6) is 0 Å². The lowest BCUT2D eigenvalue weighted by Crippen LogP contribution is -2.33. The molecule has 0 radical (unpaired) electrons. The minimum absolute atomic E-state index is 0.262. The molecular weight excluding hydrogens is 524 g/mol. The Hall–Kier alpha value is -3.72. The van der Waals surface area contributed by atoms with Gasteiger partial charge in [-0.2, -0.15) is 11.3 Å². The van der Waals surface area contributed by atoms with Crippen LogP contribution >= 0.6 is 11.3 Å². The molecule has 4 rings (SSSR count). The number of rotatable bonds is 14. The number of aryl methyl sites for hydroxylation is 1. The van der Waals surface area contributed by atoms with Gasteiger partial charge in [-0.1, -0.05) is 51.7 Å². The molecule has 3 aromatic rings. The van der Waals surface area contributed by atoms with Gasteiger partial charge in [-0.25, -0.2) is 14.6 Å². The largest absolute Gasteiger partial charge is 0.465 e. The first kappa shape index (κ1) is 29.3. The summed E-state index contributed by atoms with van der Waals surface area (Å²) in [6.07, 6.45) is 10.4. The number of hydrogen-bond donors (Lipinski definition) is 0. The molecule has 1 saturated heterocycles. The maximum atomic E-state index is 13.6. The number of methoxy groups -OCH3 is 1. The van der Waals surface area contributed by atoms with Crippen molar-refractivity contribution < 1.29 is 19.1 Å². The van der Waals surface area contributed by atoms with Crippen LogP contribution in [0.25, 0.3) is 6.08 Å². The van der Waals surface area contributed by atoms with Crippen LogP contribution in [0.1, 0.15) is 85.4 Å². The highest BCUT2D eigenvalue weighted by molar-refractivity contribution is 7.07. The van der Waals surface area contributed by atoms with Crippen LogP contribution in [0.15, 0.2) is 53.0 Å². The molecular formula is C31H38N4O4S. The second kappa shape index (κ2) is 14.1. The number of nitrogens with zero attached hydrogens (tertiary/aromatic N) is 4.